The van der Waals surface area contributed by atoms with Crippen molar-refractivity contribution < 1.29 is 4.79 Å². The summed E-state index contributed by atoms with van der Waals surface area (Å²) in [5.74, 6) is 0.00744. The van der Waals surface area contributed by atoms with Gasteiger partial charge in [0.15, 0.2) is 0 Å². The lowest BCUT2D eigenvalue weighted by molar-refractivity contribution is -0.115. The van der Waals surface area contributed by atoms with Crippen LogP contribution in [0.4, 0.5) is 11.4 Å². The fourth-order valence-corrected chi connectivity index (χ4v) is 1.48. The molecule has 0 bridgehead atoms. The van der Waals surface area contributed by atoms with E-state index in [2.05, 4.69) is 15.3 Å². The normalized spacial score (nSPS) is 10.6. The van der Waals surface area contributed by atoms with Gasteiger partial charge in [-0.05, 0) is 42.0 Å². The van der Waals surface area contributed by atoms with Gasteiger partial charge in [0.1, 0.15) is 0 Å². The van der Waals surface area contributed by atoms with Crippen molar-refractivity contribution in [2.45, 2.75) is 13.3 Å². The molecule has 1 aromatic heterocycles. The van der Waals surface area contributed by atoms with Crippen molar-refractivity contribution in [3.63, 3.8) is 0 Å². The lowest BCUT2D eigenvalue weighted by Crippen LogP contribution is -2.08. The summed E-state index contributed by atoms with van der Waals surface area (Å²) in [6, 6.07) is 11.2. The molecule has 0 atom stereocenters. The number of nitrogens with zero attached hydrogens (tertiary/aromatic N) is 2. The molecule has 0 aliphatic heterocycles. The number of nitrogens with one attached hydrogen (secondary N) is 1. The van der Waals surface area contributed by atoms with Crippen LogP contribution >= 0.6 is 0 Å². The van der Waals surface area contributed by atoms with E-state index in [1.807, 2.05) is 43.3 Å². The largest absolute Gasteiger partial charge is 0.326 e. The molecule has 1 N–H and O–H groups in total. The van der Waals surface area contributed by atoms with Crippen LogP contribution in [0.3, 0.4) is 0 Å². The zero-order chi connectivity index (χ0) is 13.5. The van der Waals surface area contributed by atoms with Crippen LogP contribution in [0.15, 0.2) is 53.8 Å². The minimum Gasteiger partial charge on any atom is -0.326 e. The zero-order valence-corrected chi connectivity index (χ0v) is 10.7. The molecule has 0 radical (unpaired) electrons. The van der Waals surface area contributed by atoms with Crippen molar-refractivity contribution in [2.75, 3.05) is 5.32 Å². The molecule has 1 amide bonds. The van der Waals surface area contributed by atoms with Gasteiger partial charge in [-0.3, -0.25) is 14.8 Å². The highest BCUT2D eigenvalue weighted by Gasteiger charge is 1.98. The number of anilines is 1. The predicted molar refractivity (Wildman–Crippen MR) is 76.9 cm³/mol. The van der Waals surface area contributed by atoms with Gasteiger partial charge in [0, 0.05) is 30.7 Å². The number of amides is 1. The number of aromatic nitrogens is 1. The van der Waals surface area contributed by atoms with Crippen LogP contribution in [0.25, 0.3) is 0 Å². The summed E-state index contributed by atoms with van der Waals surface area (Å²) in [7, 11) is 0. The average molecular weight is 253 g/mol. The minimum atomic E-state index is 0.00744. The number of pyridine rings is 1. The van der Waals surface area contributed by atoms with E-state index in [-0.39, 0.29) is 5.91 Å². The number of hydrogen-bond donors (Lipinski definition) is 1. The molecule has 0 spiro atoms. The molecule has 4 nitrogen and oxygen atoms in total. The maximum absolute atomic E-state index is 11.2. The topological polar surface area (TPSA) is 54.4 Å². The number of hydrogen-bond acceptors (Lipinski definition) is 3. The molecular formula is C15H15N3O. The summed E-state index contributed by atoms with van der Waals surface area (Å²) in [6.45, 7) is 1.82. The Hall–Kier alpha value is -2.49. The van der Waals surface area contributed by atoms with Gasteiger partial charge < -0.3 is 5.32 Å². The summed E-state index contributed by atoms with van der Waals surface area (Å²) < 4.78 is 0. The Bertz CT molecular complexity index is 562. The summed E-state index contributed by atoms with van der Waals surface area (Å²) >= 11 is 0. The Kier molecular flexibility index (Phi) is 4.39. The van der Waals surface area contributed by atoms with Gasteiger partial charge >= 0.3 is 0 Å². The third kappa shape index (κ3) is 4.03. The summed E-state index contributed by atoms with van der Waals surface area (Å²) in [5.41, 5.74) is 2.62. The molecule has 2 rings (SSSR count). The Balaban J connectivity index is 2.03. The molecule has 19 heavy (non-hydrogen) atoms. The van der Waals surface area contributed by atoms with E-state index < -0.39 is 0 Å². The average Bonchev–Trinajstić information content (AvgIpc) is 2.47. The van der Waals surface area contributed by atoms with Gasteiger partial charge in [0.05, 0.1) is 5.69 Å². The maximum atomic E-state index is 11.2. The highest BCUT2D eigenvalue weighted by atomic mass is 16.1. The van der Waals surface area contributed by atoms with Crippen molar-refractivity contribution in [3.8, 4) is 0 Å². The van der Waals surface area contributed by atoms with E-state index in [0.29, 0.717) is 6.42 Å². The van der Waals surface area contributed by atoms with Crippen LogP contribution in [-0.2, 0) is 4.79 Å². The van der Waals surface area contributed by atoms with Crippen LogP contribution in [0.2, 0.25) is 0 Å². The predicted octanol–water partition coefficient (Wildman–Crippen LogP) is 3.18. The molecule has 2 aromatic rings. The van der Waals surface area contributed by atoms with Crippen molar-refractivity contribution in [3.05, 3.63) is 54.4 Å². The van der Waals surface area contributed by atoms with E-state index >= 15 is 0 Å². The molecule has 1 heterocycles. The van der Waals surface area contributed by atoms with Crippen LogP contribution in [-0.4, -0.2) is 17.1 Å². The molecular weight excluding hydrogens is 238 g/mol. The molecule has 0 aliphatic rings. The number of benzene rings is 1. The summed E-state index contributed by atoms with van der Waals surface area (Å²) in [4.78, 5) is 19.5. The van der Waals surface area contributed by atoms with Crippen LogP contribution < -0.4 is 5.32 Å². The van der Waals surface area contributed by atoms with Crippen molar-refractivity contribution >= 4 is 23.5 Å². The molecule has 96 valence electrons. The first kappa shape index (κ1) is 13.0. The standard InChI is InChI=1S/C15H15N3O/c1-2-15(19)18-14-5-3-13(4-6-14)17-11-12-7-9-16-10-8-12/h3-11H,2H2,1H3,(H,18,19). The number of rotatable bonds is 4. The van der Waals surface area contributed by atoms with E-state index in [1.54, 1.807) is 18.6 Å². The number of carbonyl (C=O) groups is 1. The Morgan fingerprint density at radius 2 is 1.89 bits per heavy atom. The molecule has 0 saturated carbocycles. The van der Waals surface area contributed by atoms with Gasteiger partial charge in [0.25, 0.3) is 0 Å². The third-order valence-electron chi connectivity index (χ3n) is 2.54. The summed E-state index contributed by atoms with van der Waals surface area (Å²) in [5, 5.41) is 2.79. The fourth-order valence-electron chi connectivity index (χ4n) is 1.48. The monoisotopic (exact) mass is 253 g/mol. The molecule has 1 aromatic carbocycles. The molecule has 0 saturated heterocycles. The molecule has 4 heteroatoms. The highest BCUT2D eigenvalue weighted by molar-refractivity contribution is 5.90. The Labute approximate surface area is 112 Å². The van der Waals surface area contributed by atoms with E-state index in [9.17, 15) is 4.79 Å². The first-order valence-corrected chi connectivity index (χ1v) is 6.12. The zero-order valence-electron chi connectivity index (χ0n) is 10.7. The van der Waals surface area contributed by atoms with Crippen LogP contribution in [0.5, 0.6) is 0 Å². The SMILES string of the molecule is CCC(=O)Nc1ccc(N=Cc2ccncc2)cc1. The van der Waals surface area contributed by atoms with Crippen LogP contribution in [0, 0.1) is 0 Å². The van der Waals surface area contributed by atoms with Crippen LogP contribution in [0.1, 0.15) is 18.9 Å². The Morgan fingerprint density at radius 1 is 1.21 bits per heavy atom. The smallest absolute Gasteiger partial charge is 0.224 e. The van der Waals surface area contributed by atoms with E-state index in [4.69, 9.17) is 0 Å². The number of aliphatic imine (C=N–C) groups is 1. The number of carbonyl (C=O) groups excluding carboxylic acids is 1. The van der Waals surface area contributed by atoms with Gasteiger partial charge in [0.2, 0.25) is 5.91 Å². The molecule has 0 aliphatic carbocycles. The van der Waals surface area contributed by atoms with Crippen molar-refractivity contribution in [1.29, 1.82) is 0 Å². The maximum Gasteiger partial charge on any atom is 0.224 e. The van der Waals surface area contributed by atoms with Gasteiger partial charge in [-0.2, -0.15) is 0 Å². The highest BCUT2D eigenvalue weighted by Crippen LogP contribution is 2.16. The first-order chi connectivity index (χ1) is 9.28. The van der Waals surface area contributed by atoms with Crippen molar-refractivity contribution in [1.82, 2.24) is 4.98 Å². The van der Waals surface area contributed by atoms with E-state index in [1.165, 1.54) is 0 Å². The van der Waals surface area contributed by atoms with E-state index in [0.717, 1.165) is 16.9 Å². The fraction of sp³-hybridized carbons (Fsp3) is 0.133. The second-order valence-corrected chi connectivity index (χ2v) is 3.99. The second kappa shape index (κ2) is 6.44. The summed E-state index contributed by atoms with van der Waals surface area (Å²) in [6.07, 6.45) is 5.71. The van der Waals surface area contributed by atoms with Gasteiger partial charge in [-0.25, -0.2) is 0 Å². The second-order valence-electron chi connectivity index (χ2n) is 3.99. The molecule has 0 fully saturated rings. The lowest BCUT2D eigenvalue weighted by atomic mass is 10.2. The Morgan fingerprint density at radius 3 is 2.53 bits per heavy atom. The van der Waals surface area contributed by atoms with Gasteiger partial charge in [-0.15, -0.1) is 0 Å². The quantitative estimate of drug-likeness (QED) is 0.851. The first-order valence-electron chi connectivity index (χ1n) is 6.12. The van der Waals surface area contributed by atoms with Gasteiger partial charge in [-0.1, -0.05) is 6.92 Å². The third-order valence-corrected chi connectivity index (χ3v) is 2.54. The molecule has 0 unspecified atom stereocenters. The van der Waals surface area contributed by atoms with Crippen molar-refractivity contribution in [2.24, 2.45) is 4.99 Å². The minimum absolute atomic E-state index is 0.00744. The lowest BCUT2D eigenvalue weighted by Gasteiger charge is -2.03.